The summed E-state index contributed by atoms with van der Waals surface area (Å²) in [6.45, 7) is 2.30. The first-order chi connectivity index (χ1) is 12.9. The van der Waals surface area contributed by atoms with Crippen molar-refractivity contribution in [3.8, 4) is 0 Å². The molecule has 0 aliphatic heterocycles. The number of hydrogen-bond acceptors (Lipinski definition) is 0. The molecule has 27 heavy (non-hydrogen) atoms. The third-order valence-corrected chi connectivity index (χ3v) is 5.68. The molecule has 2 aromatic carbocycles. The van der Waals surface area contributed by atoms with Gasteiger partial charge in [-0.2, -0.15) is 13.5 Å². The molecule has 0 saturated heterocycles. The Morgan fingerprint density at radius 2 is 1.00 bits per heavy atom. The van der Waals surface area contributed by atoms with Gasteiger partial charge in [-0.05, 0) is 29.2 Å². The minimum Gasteiger partial charge on any atom is -0.197 e. The third kappa shape index (κ3) is 10.2. The highest BCUT2D eigenvalue weighted by Gasteiger charge is 2.00. The Kier molecular flexibility index (Phi) is 14.3. The second-order valence-electron chi connectivity index (χ2n) is 7.98. The maximum Gasteiger partial charge on any atom is -0.0152 e. The fourth-order valence-corrected chi connectivity index (χ4v) is 4.02. The smallest absolute Gasteiger partial charge is 0.0152 e. The average Bonchev–Trinajstić information content (AvgIpc) is 2.68. The van der Waals surface area contributed by atoms with Gasteiger partial charge < -0.3 is 0 Å². The zero-order valence-electron chi connectivity index (χ0n) is 17.6. The highest BCUT2D eigenvalue weighted by Crippen LogP contribution is 2.21. The van der Waals surface area contributed by atoms with Crippen LogP contribution in [-0.4, -0.2) is 0 Å². The van der Waals surface area contributed by atoms with Crippen LogP contribution in [0.2, 0.25) is 0 Å². The number of rotatable bonds is 15. The van der Waals surface area contributed by atoms with Crippen molar-refractivity contribution in [2.45, 2.75) is 103 Å². The predicted molar refractivity (Wildman–Crippen MR) is 128 cm³/mol. The normalized spacial score (nSPS) is 10.9. The lowest BCUT2D eigenvalue weighted by atomic mass is 9.99. The van der Waals surface area contributed by atoms with Gasteiger partial charge in [0, 0.05) is 0 Å². The fourth-order valence-electron chi connectivity index (χ4n) is 4.02. The van der Waals surface area contributed by atoms with E-state index in [1.807, 2.05) is 0 Å². The summed E-state index contributed by atoms with van der Waals surface area (Å²) in [4.78, 5) is 0. The SMILES string of the molecule is CCCCCCCCCCCCCCCCc1cccc2ccccc12.S. The Morgan fingerprint density at radius 3 is 1.59 bits per heavy atom. The van der Waals surface area contributed by atoms with Crippen LogP contribution in [0.15, 0.2) is 42.5 Å². The van der Waals surface area contributed by atoms with Gasteiger partial charge >= 0.3 is 0 Å². The molecule has 0 heterocycles. The van der Waals surface area contributed by atoms with E-state index in [-0.39, 0.29) is 13.5 Å². The summed E-state index contributed by atoms with van der Waals surface area (Å²) in [5, 5.41) is 2.83. The van der Waals surface area contributed by atoms with Gasteiger partial charge in [0.15, 0.2) is 0 Å². The molecule has 0 aliphatic carbocycles. The first-order valence-corrected chi connectivity index (χ1v) is 11.4. The van der Waals surface area contributed by atoms with Crippen LogP contribution in [0.5, 0.6) is 0 Å². The molecule has 0 aromatic heterocycles. The van der Waals surface area contributed by atoms with E-state index in [2.05, 4.69) is 49.4 Å². The Hall–Kier alpha value is -0.950. The van der Waals surface area contributed by atoms with Gasteiger partial charge in [0.25, 0.3) is 0 Å². The number of benzene rings is 2. The van der Waals surface area contributed by atoms with Crippen molar-refractivity contribution in [1.82, 2.24) is 0 Å². The van der Waals surface area contributed by atoms with Crippen molar-refractivity contribution in [2.24, 2.45) is 0 Å². The Labute approximate surface area is 175 Å². The van der Waals surface area contributed by atoms with E-state index in [1.54, 1.807) is 0 Å². The minimum atomic E-state index is 0. The molecular formula is C26H42S. The van der Waals surface area contributed by atoms with Crippen molar-refractivity contribution in [3.63, 3.8) is 0 Å². The zero-order valence-corrected chi connectivity index (χ0v) is 18.6. The van der Waals surface area contributed by atoms with Gasteiger partial charge in [-0.3, -0.25) is 0 Å². The Bertz CT molecular complexity index is 584. The van der Waals surface area contributed by atoms with E-state index < -0.39 is 0 Å². The molecule has 0 amide bonds. The molecule has 0 unspecified atom stereocenters. The molecule has 0 bridgehead atoms. The van der Waals surface area contributed by atoms with Crippen LogP contribution in [0.25, 0.3) is 10.8 Å². The van der Waals surface area contributed by atoms with E-state index in [0.717, 1.165) is 0 Å². The van der Waals surface area contributed by atoms with Crippen LogP contribution in [0.4, 0.5) is 0 Å². The zero-order chi connectivity index (χ0) is 18.3. The first kappa shape index (κ1) is 24.1. The molecule has 2 aromatic rings. The highest BCUT2D eigenvalue weighted by molar-refractivity contribution is 7.59. The van der Waals surface area contributed by atoms with Crippen LogP contribution < -0.4 is 0 Å². The summed E-state index contributed by atoms with van der Waals surface area (Å²) in [6.07, 6.45) is 21.3. The van der Waals surface area contributed by atoms with Gasteiger partial charge in [-0.1, -0.05) is 133 Å². The molecule has 0 atom stereocenters. The minimum absolute atomic E-state index is 0. The standard InChI is InChI=1S/C26H40.H2S/c1-2-3-4-5-6-7-8-9-10-11-12-13-14-15-19-24-21-18-22-25-20-16-17-23-26(24)25;/h16-18,20-23H,2-15,19H2,1H3;1H2. The topological polar surface area (TPSA) is 0 Å². The molecule has 0 nitrogen and oxygen atoms in total. The average molecular weight is 387 g/mol. The van der Waals surface area contributed by atoms with E-state index >= 15 is 0 Å². The molecule has 0 N–H and O–H groups in total. The number of hydrogen-bond donors (Lipinski definition) is 0. The number of fused-ring (bicyclic) bond motifs is 1. The van der Waals surface area contributed by atoms with Gasteiger partial charge in [0.05, 0.1) is 0 Å². The summed E-state index contributed by atoms with van der Waals surface area (Å²) in [6, 6.07) is 15.5. The van der Waals surface area contributed by atoms with Gasteiger partial charge in [-0.25, -0.2) is 0 Å². The Morgan fingerprint density at radius 1 is 0.519 bits per heavy atom. The van der Waals surface area contributed by atoms with Crippen molar-refractivity contribution in [1.29, 1.82) is 0 Å². The van der Waals surface area contributed by atoms with E-state index in [9.17, 15) is 0 Å². The maximum atomic E-state index is 2.31. The summed E-state index contributed by atoms with van der Waals surface area (Å²) in [5.74, 6) is 0. The molecular weight excluding hydrogens is 344 g/mol. The molecule has 1 heteroatoms. The van der Waals surface area contributed by atoms with Crippen molar-refractivity contribution >= 4 is 24.3 Å². The van der Waals surface area contributed by atoms with Gasteiger partial charge in [0.2, 0.25) is 0 Å². The maximum absolute atomic E-state index is 2.31. The quantitative estimate of drug-likeness (QED) is 0.268. The Balaban J connectivity index is 0.00000364. The summed E-state index contributed by atoms with van der Waals surface area (Å²) in [7, 11) is 0. The van der Waals surface area contributed by atoms with E-state index in [1.165, 1.54) is 113 Å². The molecule has 0 fully saturated rings. The molecule has 0 saturated carbocycles. The third-order valence-electron chi connectivity index (χ3n) is 5.68. The molecule has 152 valence electrons. The molecule has 2 rings (SSSR count). The first-order valence-electron chi connectivity index (χ1n) is 11.4. The summed E-state index contributed by atoms with van der Waals surface area (Å²) in [5.41, 5.74) is 1.53. The van der Waals surface area contributed by atoms with E-state index in [4.69, 9.17) is 0 Å². The summed E-state index contributed by atoms with van der Waals surface area (Å²) >= 11 is 0. The predicted octanol–water partition coefficient (Wildman–Crippen LogP) is 8.98. The van der Waals surface area contributed by atoms with E-state index in [0.29, 0.717) is 0 Å². The van der Waals surface area contributed by atoms with Crippen molar-refractivity contribution < 1.29 is 0 Å². The lowest BCUT2D eigenvalue weighted by Gasteiger charge is -2.07. The van der Waals surface area contributed by atoms with Crippen molar-refractivity contribution in [2.75, 3.05) is 0 Å². The number of aryl methyl sites for hydroxylation is 1. The van der Waals surface area contributed by atoms with Crippen LogP contribution in [0.3, 0.4) is 0 Å². The summed E-state index contributed by atoms with van der Waals surface area (Å²) < 4.78 is 0. The van der Waals surface area contributed by atoms with Gasteiger partial charge in [-0.15, -0.1) is 0 Å². The van der Waals surface area contributed by atoms with Crippen LogP contribution in [-0.2, 0) is 6.42 Å². The highest BCUT2D eigenvalue weighted by atomic mass is 32.1. The van der Waals surface area contributed by atoms with Crippen molar-refractivity contribution in [3.05, 3.63) is 48.0 Å². The monoisotopic (exact) mass is 386 g/mol. The fraction of sp³-hybridized carbons (Fsp3) is 0.615. The van der Waals surface area contributed by atoms with Crippen LogP contribution >= 0.6 is 13.5 Å². The number of unbranched alkanes of at least 4 members (excludes halogenated alkanes) is 13. The second-order valence-corrected chi connectivity index (χ2v) is 7.98. The molecule has 0 radical (unpaired) electrons. The largest absolute Gasteiger partial charge is 0.197 e. The molecule has 0 spiro atoms. The molecule has 0 aliphatic rings. The van der Waals surface area contributed by atoms with Crippen LogP contribution in [0, 0.1) is 0 Å². The second kappa shape index (κ2) is 16.0. The van der Waals surface area contributed by atoms with Crippen LogP contribution in [0.1, 0.15) is 102 Å². The lowest BCUT2D eigenvalue weighted by molar-refractivity contribution is 0.535. The lowest BCUT2D eigenvalue weighted by Crippen LogP contribution is -1.88. The van der Waals surface area contributed by atoms with Gasteiger partial charge in [0.1, 0.15) is 0 Å².